The standard InChI is InChI=1S/C21H18N4O2/c1-25(2)17-8-6-14(7-9-17)20(26)23-16-5-3-4-15(12-16)21-24-18-10-11-22-13-19(18)27-21/h3-13H,1-2H3,(H,23,26). The molecule has 0 unspecified atom stereocenters. The number of anilines is 2. The van der Waals surface area contributed by atoms with Crippen molar-refractivity contribution >= 4 is 28.4 Å². The Morgan fingerprint density at radius 2 is 1.89 bits per heavy atom. The van der Waals surface area contributed by atoms with Gasteiger partial charge in [-0.1, -0.05) is 6.07 Å². The Hall–Kier alpha value is -3.67. The molecule has 0 aliphatic heterocycles. The van der Waals surface area contributed by atoms with Gasteiger partial charge in [-0.15, -0.1) is 0 Å². The van der Waals surface area contributed by atoms with Crippen LogP contribution in [-0.4, -0.2) is 30.0 Å². The van der Waals surface area contributed by atoms with Crippen molar-refractivity contribution in [2.75, 3.05) is 24.3 Å². The van der Waals surface area contributed by atoms with E-state index in [1.165, 1.54) is 0 Å². The molecule has 0 aliphatic carbocycles. The van der Waals surface area contributed by atoms with Crippen molar-refractivity contribution in [2.24, 2.45) is 0 Å². The fourth-order valence-corrected chi connectivity index (χ4v) is 2.75. The second-order valence-electron chi connectivity index (χ2n) is 6.34. The molecular weight excluding hydrogens is 340 g/mol. The summed E-state index contributed by atoms with van der Waals surface area (Å²) in [4.78, 5) is 23.0. The van der Waals surface area contributed by atoms with Crippen molar-refractivity contribution in [2.45, 2.75) is 0 Å². The van der Waals surface area contributed by atoms with Crippen molar-refractivity contribution < 1.29 is 9.21 Å². The van der Waals surface area contributed by atoms with E-state index in [-0.39, 0.29) is 5.91 Å². The number of carbonyl (C=O) groups excluding carboxylic acids is 1. The summed E-state index contributed by atoms with van der Waals surface area (Å²) < 4.78 is 5.74. The Morgan fingerprint density at radius 3 is 2.63 bits per heavy atom. The molecule has 0 fully saturated rings. The first kappa shape index (κ1) is 16.8. The zero-order valence-electron chi connectivity index (χ0n) is 15.0. The SMILES string of the molecule is CN(C)c1ccc(C(=O)Nc2cccc(-c3nc4ccncc4o3)c2)cc1. The summed E-state index contributed by atoms with van der Waals surface area (Å²) >= 11 is 0. The van der Waals surface area contributed by atoms with Crippen LogP contribution in [0.3, 0.4) is 0 Å². The van der Waals surface area contributed by atoms with Crippen molar-refractivity contribution in [3.05, 3.63) is 72.6 Å². The van der Waals surface area contributed by atoms with E-state index in [2.05, 4.69) is 15.3 Å². The number of carbonyl (C=O) groups is 1. The molecule has 2 aromatic carbocycles. The maximum absolute atomic E-state index is 12.5. The van der Waals surface area contributed by atoms with Crippen LogP contribution in [0.1, 0.15) is 10.4 Å². The molecule has 0 radical (unpaired) electrons. The van der Waals surface area contributed by atoms with Crippen LogP contribution < -0.4 is 10.2 Å². The topological polar surface area (TPSA) is 71.3 Å². The third-order valence-corrected chi connectivity index (χ3v) is 4.20. The van der Waals surface area contributed by atoms with Crippen LogP contribution >= 0.6 is 0 Å². The minimum atomic E-state index is -0.167. The van der Waals surface area contributed by atoms with E-state index in [1.807, 2.05) is 67.5 Å². The highest BCUT2D eigenvalue weighted by molar-refractivity contribution is 6.04. The third-order valence-electron chi connectivity index (χ3n) is 4.20. The van der Waals surface area contributed by atoms with E-state index in [0.29, 0.717) is 22.7 Å². The lowest BCUT2D eigenvalue weighted by Crippen LogP contribution is -2.13. The van der Waals surface area contributed by atoms with Gasteiger partial charge in [-0.25, -0.2) is 4.98 Å². The van der Waals surface area contributed by atoms with E-state index in [0.717, 1.165) is 16.8 Å². The van der Waals surface area contributed by atoms with Gasteiger partial charge in [0.2, 0.25) is 5.89 Å². The summed E-state index contributed by atoms with van der Waals surface area (Å²) in [5.74, 6) is 0.323. The molecule has 2 heterocycles. The maximum Gasteiger partial charge on any atom is 0.255 e. The Morgan fingerprint density at radius 1 is 1.07 bits per heavy atom. The molecule has 4 aromatic rings. The van der Waals surface area contributed by atoms with Gasteiger partial charge in [-0.2, -0.15) is 0 Å². The predicted molar refractivity (Wildman–Crippen MR) is 106 cm³/mol. The summed E-state index contributed by atoms with van der Waals surface area (Å²) in [6, 6.07) is 16.7. The molecule has 2 aromatic heterocycles. The molecule has 0 aliphatic rings. The minimum absolute atomic E-state index is 0.167. The largest absolute Gasteiger partial charge is 0.434 e. The molecule has 6 nitrogen and oxygen atoms in total. The molecule has 6 heteroatoms. The van der Waals surface area contributed by atoms with E-state index < -0.39 is 0 Å². The van der Waals surface area contributed by atoms with Gasteiger partial charge in [0.25, 0.3) is 5.91 Å². The number of fused-ring (bicyclic) bond motifs is 1. The summed E-state index contributed by atoms with van der Waals surface area (Å²) in [6.07, 6.45) is 3.31. The van der Waals surface area contributed by atoms with E-state index in [9.17, 15) is 4.79 Å². The van der Waals surface area contributed by atoms with Gasteiger partial charge in [-0.05, 0) is 48.5 Å². The van der Waals surface area contributed by atoms with Crippen LogP contribution in [0.5, 0.6) is 0 Å². The molecule has 1 amide bonds. The molecule has 4 rings (SSSR count). The first-order valence-corrected chi connectivity index (χ1v) is 8.50. The molecule has 0 saturated heterocycles. The number of hydrogen-bond acceptors (Lipinski definition) is 5. The van der Waals surface area contributed by atoms with E-state index in [1.54, 1.807) is 18.5 Å². The highest BCUT2D eigenvalue weighted by Gasteiger charge is 2.11. The highest BCUT2D eigenvalue weighted by atomic mass is 16.3. The van der Waals surface area contributed by atoms with Crippen LogP contribution in [0.4, 0.5) is 11.4 Å². The number of nitrogens with zero attached hydrogens (tertiary/aromatic N) is 3. The lowest BCUT2D eigenvalue weighted by atomic mass is 10.1. The average Bonchev–Trinajstić information content (AvgIpc) is 3.12. The average molecular weight is 358 g/mol. The van der Waals surface area contributed by atoms with E-state index in [4.69, 9.17) is 4.42 Å². The van der Waals surface area contributed by atoms with Crippen LogP contribution in [0.15, 0.2) is 71.4 Å². The smallest absolute Gasteiger partial charge is 0.255 e. The second kappa shape index (κ2) is 6.92. The number of pyridine rings is 1. The monoisotopic (exact) mass is 358 g/mol. The van der Waals surface area contributed by atoms with Crippen molar-refractivity contribution in [3.8, 4) is 11.5 Å². The molecule has 27 heavy (non-hydrogen) atoms. The Bertz CT molecular complexity index is 1070. The first-order valence-electron chi connectivity index (χ1n) is 8.50. The van der Waals surface area contributed by atoms with E-state index >= 15 is 0 Å². The minimum Gasteiger partial charge on any atom is -0.434 e. The summed E-state index contributed by atoms with van der Waals surface area (Å²) in [5, 5.41) is 2.92. The molecule has 0 atom stereocenters. The predicted octanol–water partition coefficient (Wildman–Crippen LogP) is 4.21. The van der Waals surface area contributed by atoms with Gasteiger partial charge >= 0.3 is 0 Å². The van der Waals surface area contributed by atoms with Crippen LogP contribution in [0.25, 0.3) is 22.6 Å². The summed E-state index contributed by atoms with van der Waals surface area (Å²) in [7, 11) is 3.92. The molecule has 134 valence electrons. The molecule has 0 bridgehead atoms. The number of amides is 1. The van der Waals surface area contributed by atoms with Crippen molar-refractivity contribution in [1.82, 2.24) is 9.97 Å². The number of aromatic nitrogens is 2. The fourth-order valence-electron chi connectivity index (χ4n) is 2.75. The number of oxazole rings is 1. The number of benzene rings is 2. The number of nitrogens with one attached hydrogen (secondary N) is 1. The quantitative estimate of drug-likeness (QED) is 0.592. The normalized spacial score (nSPS) is 10.7. The third kappa shape index (κ3) is 3.50. The summed E-state index contributed by atoms with van der Waals surface area (Å²) in [5.41, 5.74) is 4.47. The Balaban J connectivity index is 1.56. The highest BCUT2D eigenvalue weighted by Crippen LogP contribution is 2.26. The van der Waals surface area contributed by atoms with Gasteiger partial charge in [-0.3, -0.25) is 9.78 Å². The molecule has 0 saturated carbocycles. The van der Waals surface area contributed by atoms with Crippen molar-refractivity contribution in [1.29, 1.82) is 0 Å². The van der Waals surface area contributed by atoms with Crippen LogP contribution in [-0.2, 0) is 0 Å². The Kier molecular flexibility index (Phi) is 4.30. The summed E-state index contributed by atoms with van der Waals surface area (Å²) in [6.45, 7) is 0. The van der Waals surface area contributed by atoms with Gasteiger partial charge < -0.3 is 14.6 Å². The van der Waals surface area contributed by atoms with Crippen molar-refractivity contribution in [3.63, 3.8) is 0 Å². The van der Waals surface area contributed by atoms with Gasteiger partial charge in [0.15, 0.2) is 5.58 Å². The zero-order valence-corrected chi connectivity index (χ0v) is 15.0. The number of hydrogen-bond donors (Lipinski definition) is 1. The molecular formula is C21H18N4O2. The number of rotatable bonds is 4. The zero-order chi connectivity index (χ0) is 18.8. The van der Waals surface area contributed by atoms with Gasteiger partial charge in [0.05, 0.1) is 6.20 Å². The van der Waals surface area contributed by atoms with Crippen LogP contribution in [0.2, 0.25) is 0 Å². The van der Waals surface area contributed by atoms with Crippen LogP contribution in [0, 0.1) is 0 Å². The fraction of sp³-hybridized carbons (Fsp3) is 0.0952. The van der Waals surface area contributed by atoms with Gasteiger partial charge in [0, 0.05) is 42.8 Å². The lowest BCUT2D eigenvalue weighted by molar-refractivity contribution is 0.102. The molecule has 0 spiro atoms. The second-order valence-corrected chi connectivity index (χ2v) is 6.34. The Labute approximate surface area is 156 Å². The maximum atomic E-state index is 12.5. The first-order chi connectivity index (χ1) is 13.1. The molecule has 1 N–H and O–H groups in total. The lowest BCUT2D eigenvalue weighted by Gasteiger charge is -2.12. The van der Waals surface area contributed by atoms with Gasteiger partial charge in [0.1, 0.15) is 5.52 Å².